The molecule has 0 aliphatic heterocycles. The fourth-order valence-electron chi connectivity index (χ4n) is 3.00. The van der Waals surface area contributed by atoms with E-state index < -0.39 is 4.92 Å². The van der Waals surface area contributed by atoms with E-state index in [0.717, 1.165) is 18.4 Å². The number of nitrogens with zero attached hydrogens (tertiary/aromatic N) is 4. The van der Waals surface area contributed by atoms with Crippen LogP contribution in [0, 0.1) is 10.1 Å². The Labute approximate surface area is 155 Å². The summed E-state index contributed by atoms with van der Waals surface area (Å²) in [5, 5.41) is 14.9. The molecule has 4 rings (SSSR count). The Hall–Kier alpha value is -3.42. The lowest BCUT2D eigenvalue weighted by molar-refractivity contribution is -0.384. The SMILES string of the molecule is Cn1cc(CN(C(=O)c2ccc(-c3ccc([N+](=O)[O-])cc3)o2)C2CC2)cn1. The number of benzene rings is 1. The van der Waals surface area contributed by atoms with Gasteiger partial charge in [-0.2, -0.15) is 5.10 Å². The quantitative estimate of drug-likeness (QED) is 0.492. The van der Waals surface area contributed by atoms with Crippen molar-refractivity contribution in [2.75, 3.05) is 0 Å². The number of carbonyl (C=O) groups is 1. The van der Waals surface area contributed by atoms with Gasteiger partial charge in [-0.15, -0.1) is 0 Å². The lowest BCUT2D eigenvalue weighted by atomic mass is 10.1. The molecule has 0 bridgehead atoms. The largest absolute Gasteiger partial charge is 0.451 e. The zero-order valence-corrected chi connectivity index (χ0v) is 14.7. The summed E-state index contributed by atoms with van der Waals surface area (Å²) >= 11 is 0. The van der Waals surface area contributed by atoms with Crippen molar-refractivity contribution in [2.24, 2.45) is 7.05 Å². The molecule has 1 aromatic carbocycles. The van der Waals surface area contributed by atoms with Gasteiger partial charge < -0.3 is 9.32 Å². The minimum Gasteiger partial charge on any atom is -0.451 e. The molecule has 2 aromatic heterocycles. The number of nitro groups is 1. The molecular weight excluding hydrogens is 348 g/mol. The molecule has 1 fully saturated rings. The third kappa shape index (κ3) is 3.59. The number of non-ortho nitro benzene ring substituents is 1. The number of hydrogen-bond donors (Lipinski definition) is 0. The second kappa shape index (κ2) is 6.71. The van der Waals surface area contributed by atoms with Crippen LogP contribution < -0.4 is 0 Å². The van der Waals surface area contributed by atoms with Crippen molar-refractivity contribution in [2.45, 2.75) is 25.4 Å². The molecule has 0 saturated heterocycles. The van der Waals surface area contributed by atoms with Gasteiger partial charge >= 0.3 is 0 Å². The van der Waals surface area contributed by atoms with E-state index in [-0.39, 0.29) is 23.4 Å². The Morgan fingerprint density at radius 3 is 2.63 bits per heavy atom. The summed E-state index contributed by atoms with van der Waals surface area (Å²) in [4.78, 5) is 25.1. The molecule has 3 aromatic rings. The van der Waals surface area contributed by atoms with E-state index in [1.807, 2.05) is 18.1 Å². The summed E-state index contributed by atoms with van der Waals surface area (Å²) in [7, 11) is 1.84. The molecule has 0 atom stereocenters. The van der Waals surface area contributed by atoms with E-state index in [1.165, 1.54) is 12.1 Å². The highest BCUT2D eigenvalue weighted by atomic mass is 16.6. The highest BCUT2D eigenvalue weighted by molar-refractivity contribution is 5.92. The van der Waals surface area contributed by atoms with Crippen LogP contribution >= 0.6 is 0 Å². The molecule has 2 heterocycles. The van der Waals surface area contributed by atoms with E-state index in [0.29, 0.717) is 17.9 Å². The zero-order valence-electron chi connectivity index (χ0n) is 14.7. The third-order valence-corrected chi connectivity index (χ3v) is 4.54. The molecule has 1 saturated carbocycles. The van der Waals surface area contributed by atoms with Crippen molar-refractivity contribution in [3.05, 3.63) is 70.2 Å². The first-order chi connectivity index (χ1) is 13.0. The third-order valence-electron chi connectivity index (χ3n) is 4.54. The number of hydrogen-bond acceptors (Lipinski definition) is 5. The maximum Gasteiger partial charge on any atom is 0.290 e. The molecule has 27 heavy (non-hydrogen) atoms. The number of aromatic nitrogens is 2. The van der Waals surface area contributed by atoms with Crippen molar-refractivity contribution < 1.29 is 14.1 Å². The van der Waals surface area contributed by atoms with Gasteiger partial charge in [-0.25, -0.2) is 0 Å². The predicted molar refractivity (Wildman–Crippen MR) is 96.9 cm³/mol. The number of amides is 1. The number of carbonyl (C=O) groups excluding carboxylic acids is 1. The average Bonchev–Trinajstić information content (AvgIpc) is 3.23. The number of nitro benzene ring substituents is 1. The Kier molecular flexibility index (Phi) is 4.23. The van der Waals surface area contributed by atoms with Crippen LogP contribution in [-0.4, -0.2) is 31.6 Å². The van der Waals surface area contributed by atoms with Gasteiger partial charge in [-0.1, -0.05) is 0 Å². The standard InChI is InChI=1S/C19H18N4O4/c1-21-11-13(10-20-21)12-22(15-6-7-15)19(24)18-9-8-17(27-18)14-2-4-16(5-3-14)23(25)26/h2-5,8-11,15H,6-7,12H2,1H3. The van der Waals surface area contributed by atoms with Gasteiger partial charge in [-0.05, 0) is 37.1 Å². The first-order valence-electron chi connectivity index (χ1n) is 8.64. The normalized spacial score (nSPS) is 13.5. The Bertz CT molecular complexity index is 985. The molecular formula is C19H18N4O4. The van der Waals surface area contributed by atoms with Crippen molar-refractivity contribution in [3.8, 4) is 11.3 Å². The van der Waals surface area contributed by atoms with Gasteiger partial charge in [0.25, 0.3) is 11.6 Å². The van der Waals surface area contributed by atoms with Gasteiger partial charge in [0.15, 0.2) is 5.76 Å². The van der Waals surface area contributed by atoms with E-state index in [9.17, 15) is 14.9 Å². The van der Waals surface area contributed by atoms with Crippen molar-refractivity contribution in [1.29, 1.82) is 0 Å². The van der Waals surface area contributed by atoms with E-state index in [1.54, 1.807) is 35.1 Å². The van der Waals surface area contributed by atoms with Gasteiger partial charge in [0.1, 0.15) is 5.76 Å². The van der Waals surface area contributed by atoms with Crippen LogP contribution in [-0.2, 0) is 13.6 Å². The fraction of sp³-hybridized carbons (Fsp3) is 0.263. The molecule has 0 unspecified atom stereocenters. The summed E-state index contributed by atoms with van der Waals surface area (Å²) in [5.74, 6) is 0.610. The van der Waals surface area contributed by atoms with E-state index >= 15 is 0 Å². The molecule has 138 valence electrons. The number of aryl methyl sites for hydroxylation is 1. The molecule has 0 spiro atoms. The maximum atomic E-state index is 12.9. The lowest BCUT2D eigenvalue weighted by Crippen LogP contribution is -2.32. The summed E-state index contributed by atoms with van der Waals surface area (Å²) in [6.07, 6.45) is 5.63. The van der Waals surface area contributed by atoms with Gasteiger partial charge in [-0.3, -0.25) is 19.6 Å². The molecule has 0 N–H and O–H groups in total. The second-order valence-corrected chi connectivity index (χ2v) is 6.65. The average molecular weight is 366 g/mol. The molecule has 1 aliphatic rings. The molecule has 1 amide bonds. The van der Waals surface area contributed by atoms with Crippen molar-refractivity contribution in [1.82, 2.24) is 14.7 Å². The van der Waals surface area contributed by atoms with Gasteiger partial charge in [0, 0.05) is 49.1 Å². The minimum absolute atomic E-state index is 0.0120. The van der Waals surface area contributed by atoms with Crippen molar-refractivity contribution >= 4 is 11.6 Å². The number of rotatable bonds is 6. The fourth-order valence-corrected chi connectivity index (χ4v) is 3.00. The van der Waals surface area contributed by atoms with E-state index in [4.69, 9.17) is 4.42 Å². The first-order valence-corrected chi connectivity index (χ1v) is 8.64. The molecule has 0 radical (unpaired) electrons. The van der Waals surface area contributed by atoms with Gasteiger partial charge in [0.2, 0.25) is 0 Å². The van der Waals surface area contributed by atoms with Crippen LogP contribution in [0.4, 0.5) is 5.69 Å². The van der Waals surface area contributed by atoms with E-state index in [2.05, 4.69) is 5.10 Å². The van der Waals surface area contributed by atoms with Crippen LogP contribution in [0.3, 0.4) is 0 Å². The highest BCUT2D eigenvalue weighted by Gasteiger charge is 2.34. The topological polar surface area (TPSA) is 94.4 Å². The molecule has 8 heteroatoms. The minimum atomic E-state index is -0.452. The maximum absolute atomic E-state index is 12.9. The number of furan rings is 1. The Morgan fingerprint density at radius 1 is 1.30 bits per heavy atom. The predicted octanol–water partition coefficient (Wildman–Crippen LogP) is 3.39. The Balaban J connectivity index is 1.53. The van der Waals surface area contributed by atoms with Gasteiger partial charge in [0.05, 0.1) is 11.1 Å². The summed E-state index contributed by atoms with van der Waals surface area (Å²) in [5.41, 5.74) is 1.67. The summed E-state index contributed by atoms with van der Waals surface area (Å²) < 4.78 is 7.46. The lowest BCUT2D eigenvalue weighted by Gasteiger charge is -2.20. The monoisotopic (exact) mass is 366 g/mol. The molecule has 1 aliphatic carbocycles. The van der Waals surface area contributed by atoms with Crippen LogP contribution in [0.25, 0.3) is 11.3 Å². The van der Waals surface area contributed by atoms with Crippen LogP contribution in [0.15, 0.2) is 53.2 Å². The Morgan fingerprint density at radius 2 is 2.04 bits per heavy atom. The van der Waals surface area contributed by atoms with Crippen LogP contribution in [0.1, 0.15) is 29.0 Å². The first kappa shape index (κ1) is 17.0. The van der Waals surface area contributed by atoms with Crippen molar-refractivity contribution in [3.63, 3.8) is 0 Å². The highest BCUT2D eigenvalue weighted by Crippen LogP contribution is 2.31. The second-order valence-electron chi connectivity index (χ2n) is 6.65. The summed E-state index contributed by atoms with van der Waals surface area (Å²) in [6.45, 7) is 0.491. The smallest absolute Gasteiger partial charge is 0.290 e. The van der Waals surface area contributed by atoms with Crippen LogP contribution in [0.2, 0.25) is 0 Å². The zero-order chi connectivity index (χ0) is 19.0. The van der Waals surface area contributed by atoms with Crippen LogP contribution in [0.5, 0.6) is 0 Å². The summed E-state index contributed by atoms with van der Waals surface area (Å²) in [6, 6.07) is 9.64. The molecule has 8 nitrogen and oxygen atoms in total.